The van der Waals surface area contributed by atoms with Crippen LogP contribution in [0.1, 0.15) is 32.1 Å². The quantitative estimate of drug-likeness (QED) is 0.528. The minimum absolute atomic E-state index is 0.153. The molecule has 4 saturated carbocycles. The summed E-state index contributed by atoms with van der Waals surface area (Å²) in [6.07, 6.45) is 5.05. The van der Waals surface area contributed by atoms with Crippen LogP contribution in [0.15, 0.2) is 0 Å². The first kappa shape index (κ1) is 7.72. The van der Waals surface area contributed by atoms with Gasteiger partial charge in [0.25, 0.3) is 0 Å². The minimum Gasteiger partial charge on any atom is -0.299 e. The molecular weight excluding hydrogens is 164 g/mol. The van der Waals surface area contributed by atoms with E-state index in [9.17, 15) is 9.59 Å². The van der Waals surface area contributed by atoms with Gasteiger partial charge < -0.3 is 0 Å². The molecule has 4 rings (SSSR count). The SMILES string of the molecule is O=C1CC(=O)C2C3CCC(CC3)C12. The van der Waals surface area contributed by atoms with Crippen molar-refractivity contribution in [3.63, 3.8) is 0 Å². The van der Waals surface area contributed by atoms with Gasteiger partial charge in [-0.3, -0.25) is 9.59 Å². The molecule has 0 heterocycles. The fourth-order valence-corrected chi connectivity index (χ4v) is 3.78. The Labute approximate surface area is 77.7 Å². The van der Waals surface area contributed by atoms with E-state index in [4.69, 9.17) is 0 Å². The van der Waals surface area contributed by atoms with Crippen LogP contribution in [0, 0.1) is 23.7 Å². The van der Waals surface area contributed by atoms with Crippen molar-refractivity contribution >= 4 is 11.6 Å². The zero-order chi connectivity index (χ0) is 9.00. The highest BCUT2D eigenvalue weighted by atomic mass is 16.2. The van der Waals surface area contributed by atoms with Crippen LogP contribution in [0.4, 0.5) is 0 Å². The summed E-state index contributed by atoms with van der Waals surface area (Å²) in [6, 6.07) is 0. The normalized spacial score (nSPS) is 48.3. The zero-order valence-electron chi connectivity index (χ0n) is 7.66. The average Bonchev–Trinajstić information content (AvgIpc) is 2.47. The molecule has 2 nitrogen and oxygen atoms in total. The average molecular weight is 178 g/mol. The summed E-state index contributed by atoms with van der Waals surface area (Å²) < 4.78 is 0. The van der Waals surface area contributed by atoms with Crippen molar-refractivity contribution in [1.29, 1.82) is 0 Å². The van der Waals surface area contributed by atoms with Crippen molar-refractivity contribution in [2.75, 3.05) is 0 Å². The first-order valence-corrected chi connectivity index (χ1v) is 5.33. The molecule has 4 aliphatic rings. The summed E-state index contributed by atoms with van der Waals surface area (Å²) >= 11 is 0. The number of carbonyl (C=O) groups is 2. The van der Waals surface area contributed by atoms with Crippen molar-refractivity contribution < 1.29 is 9.59 Å². The molecule has 0 spiro atoms. The maximum atomic E-state index is 11.6. The van der Waals surface area contributed by atoms with Crippen molar-refractivity contribution in [3.8, 4) is 0 Å². The van der Waals surface area contributed by atoms with E-state index in [0.717, 1.165) is 0 Å². The first-order valence-electron chi connectivity index (χ1n) is 5.33. The highest BCUT2D eigenvalue weighted by Crippen LogP contribution is 2.52. The number of fused-ring (bicyclic) bond motifs is 2. The highest BCUT2D eigenvalue weighted by molar-refractivity contribution is 6.09. The van der Waals surface area contributed by atoms with Crippen molar-refractivity contribution in [1.82, 2.24) is 0 Å². The molecule has 13 heavy (non-hydrogen) atoms. The van der Waals surface area contributed by atoms with E-state index >= 15 is 0 Å². The van der Waals surface area contributed by atoms with Gasteiger partial charge in [0.2, 0.25) is 0 Å². The number of ketones is 2. The molecule has 0 aromatic rings. The molecule has 0 radical (unpaired) electrons. The molecule has 4 aliphatic carbocycles. The lowest BCUT2D eigenvalue weighted by Gasteiger charge is -2.43. The second kappa shape index (κ2) is 2.43. The Morgan fingerprint density at radius 1 is 0.769 bits per heavy atom. The molecule has 0 aromatic carbocycles. The van der Waals surface area contributed by atoms with Gasteiger partial charge in [-0.2, -0.15) is 0 Å². The lowest BCUT2D eigenvalue weighted by molar-refractivity contribution is -0.129. The van der Waals surface area contributed by atoms with E-state index in [1.54, 1.807) is 0 Å². The fourth-order valence-electron chi connectivity index (χ4n) is 3.78. The van der Waals surface area contributed by atoms with E-state index in [1.807, 2.05) is 0 Å². The Morgan fingerprint density at radius 2 is 1.15 bits per heavy atom. The number of rotatable bonds is 0. The Morgan fingerprint density at radius 3 is 1.54 bits per heavy atom. The summed E-state index contributed by atoms with van der Waals surface area (Å²) in [5.74, 6) is 1.94. The minimum atomic E-state index is 0.153. The molecule has 4 fully saturated rings. The molecular formula is C11H14O2. The predicted molar refractivity (Wildman–Crippen MR) is 47.1 cm³/mol. The van der Waals surface area contributed by atoms with Gasteiger partial charge in [-0.1, -0.05) is 0 Å². The molecule has 0 aliphatic heterocycles. The summed E-state index contributed by atoms with van der Waals surface area (Å²) in [5, 5.41) is 0. The third-order valence-corrected chi connectivity index (χ3v) is 4.31. The summed E-state index contributed by atoms with van der Waals surface area (Å²) in [5.41, 5.74) is 0. The predicted octanol–water partition coefficient (Wildman–Crippen LogP) is 1.58. The van der Waals surface area contributed by atoms with Crippen molar-refractivity contribution in [2.24, 2.45) is 23.7 Å². The molecule has 0 aromatic heterocycles. The lowest BCUT2D eigenvalue weighted by atomic mass is 9.59. The number of hydrogen-bond acceptors (Lipinski definition) is 2. The number of Topliss-reactive ketones (excluding diaryl/α,β-unsaturated/α-hetero) is 2. The van der Waals surface area contributed by atoms with E-state index in [1.165, 1.54) is 25.7 Å². The van der Waals surface area contributed by atoms with Crippen LogP contribution in [-0.4, -0.2) is 11.6 Å². The monoisotopic (exact) mass is 178 g/mol. The van der Waals surface area contributed by atoms with Crippen LogP contribution >= 0.6 is 0 Å². The van der Waals surface area contributed by atoms with E-state index in [0.29, 0.717) is 11.8 Å². The van der Waals surface area contributed by atoms with Gasteiger partial charge in [-0.05, 0) is 37.5 Å². The molecule has 0 amide bonds. The Balaban J connectivity index is 2.00. The van der Waals surface area contributed by atoms with Gasteiger partial charge in [0.05, 0.1) is 6.42 Å². The zero-order valence-corrected chi connectivity index (χ0v) is 7.66. The highest BCUT2D eigenvalue weighted by Gasteiger charge is 2.53. The number of hydrogen-bond donors (Lipinski definition) is 0. The van der Waals surface area contributed by atoms with Crippen LogP contribution in [-0.2, 0) is 9.59 Å². The fraction of sp³-hybridized carbons (Fsp3) is 0.818. The van der Waals surface area contributed by atoms with Gasteiger partial charge in [-0.25, -0.2) is 0 Å². The molecule has 70 valence electrons. The van der Waals surface area contributed by atoms with Gasteiger partial charge in [0.1, 0.15) is 11.6 Å². The molecule has 2 atom stereocenters. The van der Waals surface area contributed by atoms with Gasteiger partial charge in [0, 0.05) is 11.8 Å². The van der Waals surface area contributed by atoms with E-state index in [-0.39, 0.29) is 29.8 Å². The second-order valence-corrected chi connectivity index (χ2v) is 4.84. The van der Waals surface area contributed by atoms with Crippen LogP contribution in [0.2, 0.25) is 0 Å². The lowest BCUT2D eigenvalue weighted by Crippen LogP contribution is -2.41. The van der Waals surface area contributed by atoms with Crippen LogP contribution in [0.25, 0.3) is 0 Å². The van der Waals surface area contributed by atoms with Crippen molar-refractivity contribution in [3.05, 3.63) is 0 Å². The Hall–Kier alpha value is -0.660. The van der Waals surface area contributed by atoms with Crippen LogP contribution < -0.4 is 0 Å². The van der Waals surface area contributed by atoms with Gasteiger partial charge in [-0.15, -0.1) is 0 Å². The number of carbonyl (C=O) groups excluding carboxylic acids is 2. The molecule has 2 unspecified atom stereocenters. The largest absolute Gasteiger partial charge is 0.299 e. The molecule has 2 bridgehead atoms. The Bertz CT molecular complexity index is 246. The standard InChI is InChI=1S/C11H14O2/c12-8-5-9(13)11-7-2-1-6(3-4-7)10(8)11/h6-7,10-11H,1-5H2. The first-order chi connectivity index (χ1) is 6.27. The molecule has 2 heteroatoms. The van der Waals surface area contributed by atoms with E-state index in [2.05, 4.69) is 0 Å². The van der Waals surface area contributed by atoms with Crippen molar-refractivity contribution in [2.45, 2.75) is 32.1 Å². The van der Waals surface area contributed by atoms with Crippen LogP contribution in [0.5, 0.6) is 0 Å². The smallest absolute Gasteiger partial charge is 0.144 e. The summed E-state index contributed by atoms with van der Waals surface area (Å²) in [7, 11) is 0. The summed E-state index contributed by atoms with van der Waals surface area (Å²) in [4.78, 5) is 23.2. The van der Waals surface area contributed by atoms with Crippen LogP contribution in [0.3, 0.4) is 0 Å². The molecule has 0 N–H and O–H groups in total. The maximum absolute atomic E-state index is 11.6. The van der Waals surface area contributed by atoms with E-state index < -0.39 is 0 Å². The molecule has 0 saturated heterocycles. The third-order valence-electron chi connectivity index (χ3n) is 4.31. The third kappa shape index (κ3) is 0.890. The van der Waals surface area contributed by atoms with Gasteiger partial charge >= 0.3 is 0 Å². The Kier molecular flexibility index (Phi) is 1.44. The maximum Gasteiger partial charge on any atom is 0.144 e. The topological polar surface area (TPSA) is 34.1 Å². The van der Waals surface area contributed by atoms with Gasteiger partial charge in [0.15, 0.2) is 0 Å². The summed E-state index contributed by atoms with van der Waals surface area (Å²) in [6.45, 7) is 0. The second-order valence-electron chi connectivity index (χ2n) is 4.84.